The summed E-state index contributed by atoms with van der Waals surface area (Å²) in [6, 6.07) is 21.1. The number of hydrogen-bond acceptors (Lipinski definition) is 6. The Bertz CT molecular complexity index is 1560. The summed E-state index contributed by atoms with van der Waals surface area (Å²) in [4.78, 5) is 4.43. The lowest BCUT2D eigenvalue weighted by molar-refractivity contribution is 0.460. The first-order valence-corrected chi connectivity index (χ1v) is 15.6. The molecule has 13 heteroatoms. The molecule has 0 bridgehead atoms. The van der Waals surface area contributed by atoms with Crippen molar-refractivity contribution in [3.63, 3.8) is 0 Å². The number of hydrogen-bond donors (Lipinski definition) is 2. The van der Waals surface area contributed by atoms with E-state index in [1.165, 1.54) is 41.4 Å². The molecule has 3 aromatic rings. The normalized spacial score (nSPS) is 16.3. The molecule has 0 aliphatic carbocycles. The van der Waals surface area contributed by atoms with Crippen LogP contribution in [-0.2, 0) is 20.0 Å². The number of hydrazone groups is 1. The van der Waals surface area contributed by atoms with Crippen molar-refractivity contribution in [2.24, 2.45) is 15.2 Å². The number of guanidine groups is 1. The molecule has 1 aliphatic heterocycles. The van der Waals surface area contributed by atoms with Crippen molar-refractivity contribution in [3.8, 4) is 0 Å². The summed E-state index contributed by atoms with van der Waals surface area (Å²) in [5, 5.41) is 11.6. The summed E-state index contributed by atoms with van der Waals surface area (Å²) in [5.74, 6) is -0.882. The SMILES string of the molecule is NS(=O)(=O)CCCC/N=C(/NS(=O)(=O)c1ccc(Cl)cc1)N1C[C@@H](c2ccccc2)C(c2ccc(F)cc2)=N1. The third-order valence-electron chi connectivity index (χ3n) is 5.95. The lowest BCUT2D eigenvalue weighted by Gasteiger charge is -2.20. The fourth-order valence-electron chi connectivity index (χ4n) is 4.02. The Morgan fingerprint density at radius 2 is 1.67 bits per heavy atom. The molecule has 0 unspecified atom stereocenters. The van der Waals surface area contributed by atoms with Crippen LogP contribution in [0.1, 0.15) is 29.9 Å². The van der Waals surface area contributed by atoms with E-state index < -0.39 is 20.0 Å². The van der Waals surface area contributed by atoms with Crippen molar-refractivity contribution >= 4 is 43.3 Å². The van der Waals surface area contributed by atoms with E-state index in [1.54, 1.807) is 12.1 Å². The summed E-state index contributed by atoms with van der Waals surface area (Å²) in [6.07, 6.45) is 0.614. The molecule has 0 saturated heterocycles. The molecule has 0 radical (unpaired) electrons. The van der Waals surface area contributed by atoms with Gasteiger partial charge in [0.25, 0.3) is 10.0 Å². The van der Waals surface area contributed by atoms with Crippen LogP contribution in [0.4, 0.5) is 4.39 Å². The Kier molecular flexibility index (Phi) is 9.01. The Labute approximate surface area is 232 Å². The average molecular weight is 592 g/mol. The molecule has 9 nitrogen and oxygen atoms in total. The Morgan fingerprint density at radius 1 is 1.00 bits per heavy atom. The Balaban J connectivity index is 1.68. The number of nitrogens with one attached hydrogen (secondary N) is 1. The molecule has 1 heterocycles. The second-order valence-electron chi connectivity index (χ2n) is 8.88. The van der Waals surface area contributed by atoms with Crippen molar-refractivity contribution in [3.05, 3.63) is 101 Å². The smallest absolute Gasteiger partial charge is 0.251 e. The van der Waals surface area contributed by atoms with Gasteiger partial charge in [0.15, 0.2) is 0 Å². The van der Waals surface area contributed by atoms with E-state index in [9.17, 15) is 21.2 Å². The topological polar surface area (TPSA) is 134 Å². The zero-order valence-electron chi connectivity index (χ0n) is 20.7. The highest BCUT2D eigenvalue weighted by Crippen LogP contribution is 2.29. The maximum atomic E-state index is 13.6. The standard InChI is InChI=1S/C26H27ClFN5O4S2/c27-21-10-14-23(15-11-21)39(36,37)32-26(30-16-4-5-17-38(29,34)35)33-18-24(19-6-2-1-3-7-19)25(31-33)20-8-12-22(28)13-9-20/h1-3,6-15,24H,4-5,16-18H2,(H,30,32)(H2,29,34,35)/t24-/m0/s1. The summed E-state index contributed by atoms with van der Waals surface area (Å²) < 4.78 is 65.1. The molecule has 0 amide bonds. The highest BCUT2D eigenvalue weighted by molar-refractivity contribution is 7.90. The molecule has 0 saturated carbocycles. The second kappa shape index (κ2) is 12.2. The molecule has 1 atom stereocenters. The van der Waals surface area contributed by atoms with Crippen LogP contribution < -0.4 is 9.86 Å². The molecular weight excluding hydrogens is 565 g/mol. The van der Waals surface area contributed by atoms with E-state index in [0.29, 0.717) is 22.7 Å². The van der Waals surface area contributed by atoms with E-state index in [1.807, 2.05) is 30.3 Å². The fourth-order valence-corrected chi connectivity index (χ4v) is 5.78. The van der Waals surface area contributed by atoms with Gasteiger partial charge < -0.3 is 0 Å². The summed E-state index contributed by atoms with van der Waals surface area (Å²) in [7, 11) is -7.68. The first-order valence-electron chi connectivity index (χ1n) is 12.0. The van der Waals surface area contributed by atoms with Crippen molar-refractivity contribution in [2.45, 2.75) is 23.7 Å². The number of nitrogens with two attached hydrogens (primary N) is 1. The lowest BCUT2D eigenvalue weighted by Crippen LogP contribution is -2.41. The minimum Gasteiger partial charge on any atom is -0.251 e. The first-order chi connectivity index (χ1) is 18.5. The van der Waals surface area contributed by atoms with Crippen LogP contribution in [-0.4, -0.2) is 52.4 Å². The minimum atomic E-state index is -4.07. The third-order valence-corrected chi connectivity index (χ3v) is 8.40. The first kappa shape index (κ1) is 28.7. The summed E-state index contributed by atoms with van der Waals surface area (Å²) in [6.45, 7) is 0.387. The van der Waals surface area contributed by atoms with Crippen molar-refractivity contribution in [1.29, 1.82) is 0 Å². The monoisotopic (exact) mass is 591 g/mol. The zero-order valence-corrected chi connectivity index (χ0v) is 23.1. The molecule has 4 rings (SSSR count). The van der Waals surface area contributed by atoms with Gasteiger partial charge in [0.05, 0.1) is 22.9 Å². The number of rotatable bonds is 9. The van der Waals surface area contributed by atoms with Crippen molar-refractivity contribution in [1.82, 2.24) is 9.73 Å². The Hall–Kier alpha value is -3.32. The number of halogens is 2. The summed E-state index contributed by atoms with van der Waals surface area (Å²) >= 11 is 5.92. The van der Waals surface area contributed by atoms with Crippen LogP contribution in [0.5, 0.6) is 0 Å². The van der Waals surface area contributed by atoms with E-state index in [0.717, 1.165) is 5.56 Å². The van der Waals surface area contributed by atoms with E-state index in [4.69, 9.17) is 21.8 Å². The Morgan fingerprint density at radius 3 is 2.31 bits per heavy atom. The number of primary sulfonamides is 1. The minimum absolute atomic E-state index is 0.0182. The van der Waals surface area contributed by atoms with Crippen LogP contribution in [0.2, 0.25) is 5.02 Å². The third kappa shape index (κ3) is 7.85. The molecule has 39 heavy (non-hydrogen) atoms. The maximum absolute atomic E-state index is 13.6. The zero-order chi connectivity index (χ0) is 28.0. The summed E-state index contributed by atoms with van der Waals surface area (Å²) in [5.41, 5.74) is 2.24. The van der Waals surface area contributed by atoms with Crippen LogP contribution in [0.15, 0.2) is 93.9 Å². The molecule has 206 valence electrons. The van der Waals surface area contributed by atoms with E-state index in [-0.39, 0.29) is 47.9 Å². The molecule has 3 N–H and O–H groups in total. The van der Waals surface area contributed by atoms with E-state index in [2.05, 4.69) is 9.71 Å². The van der Waals surface area contributed by atoms with Gasteiger partial charge in [-0.2, -0.15) is 5.10 Å². The lowest BCUT2D eigenvalue weighted by atomic mass is 9.91. The number of aliphatic imine (C=N–C) groups is 1. The quantitative estimate of drug-likeness (QED) is 0.222. The maximum Gasteiger partial charge on any atom is 0.264 e. The van der Waals surface area contributed by atoms with Gasteiger partial charge in [0.1, 0.15) is 5.82 Å². The highest BCUT2D eigenvalue weighted by Gasteiger charge is 2.33. The van der Waals surface area contributed by atoms with Crippen molar-refractivity contribution < 1.29 is 21.2 Å². The van der Waals surface area contributed by atoms with Gasteiger partial charge in [0, 0.05) is 17.5 Å². The highest BCUT2D eigenvalue weighted by atomic mass is 35.5. The van der Waals surface area contributed by atoms with Crippen molar-refractivity contribution in [2.75, 3.05) is 18.8 Å². The number of nitrogens with zero attached hydrogens (tertiary/aromatic N) is 3. The number of sulfonamides is 2. The van der Waals surface area contributed by atoms with Gasteiger partial charge in [-0.1, -0.05) is 54.1 Å². The molecular formula is C26H27ClFN5O4S2. The number of unbranched alkanes of at least 4 members (excludes halogenated alkanes) is 1. The second-order valence-corrected chi connectivity index (χ2v) is 12.7. The number of benzene rings is 3. The molecule has 3 aromatic carbocycles. The predicted octanol–water partition coefficient (Wildman–Crippen LogP) is 3.69. The van der Waals surface area contributed by atoms with Gasteiger partial charge in [-0.15, -0.1) is 0 Å². The van der Waals surface area contributed by atoms with Gasteiger partial charge in [-0.25, -0.2) is 36.1 Å². The van der Waals surface area contributed by atoms with Gasteiger partial charge in [0.2, 0.25) is 16.0 Å². The molecule has 1 aliphatic rings. The molecule has 0 fully saturated rings. The van der Waals surface area contributed by atoms with Gasteiger partial charge in [-0.3, -0.25) is 4.99 Å². The largest absolute Gasteiger partial charge is 0.264 e. The van der Waals surface area contributed by atoms with Crippen LogP contribution in [0, 0.1) is 5.82 Å². The van der Waals surface area contributed by atoms with Gasteiger partial charge >= 0.3 is 0 Å². The fraction of sp³-hybridized carbons (Fsp3) is 0.231. The average Bonchev–Trinajstić information content (AvgIpc) is 3.34. The van der Waals surface area contributed by atoms with E-state index >= 15 is 0 Å². The molecule has 0 spiro atoms. The van der Waals surface area contributed by atoms with Crippen LogP contribution >= 0.6 is 11.6 Å². The predicted molar refractivity (Wildman–Crippen MR) is 150 cm³/mol. The molecule has 0 aromatic heterocycles. The van der Waals surface area contributed by atoms with Crippen LogP contribution in [0.3, 0.4) is 0 Å². The van der Waals surface area contributed by atoms with Gasteiger partial charge in [-0.05, 0) is 60.4 Å². The van der Waals surface area contributed by atoms with Crippen LogP contribution in [0.25, 0.3) is 0 Å².